The van der Waals surface area contributed by atoms with Crippen LogP contribution in [0.25, 0.3) is 6.08 Å². The number of hydrogen-bond donors (Lipinski definition) is 0. The van der Waals surface area contributed by atoms with E-state index < -0.39 is 17.7 Å². The van der Waals surface area contributed by atoms with Gasteiger partial charge in [0.15, 0.2) is 0 Å². The molecule has 5 nitrogen and oxygen atoms in total. The van der Waals surface area contributed by atoms with Crippen LogP contribution in [0.5, 0.6) is 5.75 Å². The molecule has 0 aromatic heterocycles. The fourth-order valence-electron chi connectivity index (χ4n) is 2.44. The van der Waals surface area contributed by atoms with Crippen LogP contribution in [0.15, 0.2) is 48.0 Å². The number of halogens is 2. The molecule has 3 rings (SSSR count). The summed E-state index contributed by atoms with van der Waals surface area (Å²) in [4.78, 5) is 24.1. The standard InChI is InChI=1S/C20H16Cl2O5/c1-20(2)26-18(23)15(19(24)27-20)9-12-4-3-5-14(8-12)25-11-13-6-7-16(21)17(22)10-13/h3-10H,11H2,1-2H3. The molecule has 1 aliphatic rings. The van der Waals surface area contributed by atoms with Crippen molar-refractivity contribution >= 4 is 41.2 Å². The Hall–Kier alpha value is -2.50. The van der Waals surface area contributed by atoms with E-state index in [1.807, 2.05) is 6.07 Å². The average molecular weight is 407 g/mol. The highest BCUT2D eigenvalue weighted by Gasteiger charge is 2.38. The van der Waals surface area contributed by atoms with Crippen molar-refractivity contribution in [2.45, 2.75) is 26.2 Å². The van der Waals surface area contributed by atoms with Crippen molar-refractivity contribution in [3.8, 4) is 5.75 Å². The zero-order valence-corrected chi connectivity index (χ0v) is 16.1. The van der Waals surface area contributed by atoms with E-state index in [0.717, 1.165) is 5.56 Å². The number of rotatable bonds is 4. The Balaban J connectivity index is 1.74. The minimum absolute atomic E-state index is 0.170. The predicted octanol–water partition coefficient (Wildman–Crippen LogP) is 4.79. The van der Waals surface area contributed by atoms with E-state index in [4.69, 9.17) is 37.4 Å². The summed E-state index contributed by atoms with van der Waals surface area (Å²) < 4.78 is 15.9. The first-order valence-corrected chi connectivity index (χ1v) is 8.84. The SMILES string of the molecule is CC1(C)OC(=O)C(=Cc2cccc(OCc3ccc(Cl)c(Cl)c3)c2)C(=O)O1. The fraction of sp³-hybridized carbons (Fsp3) is 0.200. The van der Waals surface area contributed by atoms with Crippen LogP contribution in [0.3, 0.4) is 0 Å². The smallest absolute Gasteiger partial charge is 0.348 e. The van der Waals surface area contributed by atoms with Crippen LogP contribution in [0, 0.1) is 0 Å². The minimum atomic E-state index is -1.27. The molecule has 2 aromatic carbocycles. The number of carbonyl (C=O) groups excluding carboxylic acids is 2. The third kappa shape index (κ3) is 4.81. The van der Waals surface area contributed by atoms with Gasteiger partial charge in [-0.3, -0.25) is 0 Å². The van der Waals surface area contributed by atoms with Gasteiger partial charge in [0.05, 0.1) is 10.0 Å². The Morgan fingerprint density at radius 2 is 1.70 bits per heavy atom. The molecular weight excluding hydrogens is 391 g/mol. The Labute approximate surface area is 166 Å². The Morgan fingerprint density at radius 1 is 1.00 bits per heavy atom. The summed E-state index contributed by atoms with van der Waals surface area (Å²) in [5.41, 5.74) is 1.29. The van der Waals surface area contributed by atoms with Crippen molar-refractivity contribution in [2.75, 3.05) is 0 Å². The van der Waals surface area contributed by atoms with Gasteiger partial charge in [-0.05, 0) is 41.5 Å². The van der Waals surface area contributed by atoms with Gasteiger partial charge in [0.1, 0.15) is 17.9 Å². The van der Waals surface area contributed by atoms with E-state index in [9.17, 15) is 9.59 Å². The van der Waals surface area contributed by atoms with Gasteiger partial charge in [0.25, 0.3) is 5.79 Å². The van der Waals surface area contributed by atoms with Gasteiger partial charge in [-0.1, -0.05) is 41.4 Å². The summed E-state index contributed by atoms with van der Waals surface area (Å²) in [7, 11) is 0. The van der Waals surface area contributed by atoms with Crippen LogP contribution in [-0.2, 0) is 25.7 Å². The van der Waals surface area contributed by atoms with E-state index in [-0.39, 0.29) is 12.2 Å². The van der Waals surface area contributed by atoms with Gasteiger partial charge >= 0.3 is 11.9 Å². The van der Waals surface area contributed by atoms with Crippen LogP contribution >= 0.6 is 23.2 Å². The van der Waals surface area contributed by atoms with Gasteiger partial charge < -0.3 is 14.2 Å². The van der Waals surface area contributed by atoms with E-state index >= 15 is 0 Å². The third-order valence-electron chi connectivity index (χ3n) is 3.68. The fourth-order valence-corrected chi connectivity index (χ4v) is 2.76. The summed E-state index contributed by atoms with van der Waals surface area (Å²) in [6.07, 6.45) is 1.41. The molecule has 2 aromatic rings. The lowest BCUT2D eigenvalue weighted by Gasteiger charge is -2.29. The highest BCUT2D eigenvalue weighted by molar-refractivity contribution is 6.42. The van der Waals surface area contributed by atoms with Gasteiger partial charge in [0.2, 0.25) is 0 Å². The van der Waals surface area contributed by atoms with Crippen molar-refractivity contribution in [3.63, 3.8) is 0 Å². The molecule has 1 aliphatic heterocycles. The maximum atomic E-state index is 12.0. The molecule has 1 saturated heterocycles. The minimum Gasteiger partial charge on any atom is -0.489 e. The zero-order chi connectivity index (χ0) is 19.6. The van der Waals surface area contributed by atoms with Crippen molar-refractivity contribution in [1.29, 1.82) is 0 Å². The molecule has 0 spiro atoms. The van der Waals surface area contributed by atoms with Gasteiger partial charge in [-0.15, -0.1) is 0 Å². The first kappa shape index (κ1) is 19.3. The van der Waals surface area contributed by atoms with E-state index in [0.29, 0.717) is 21.4 Å². The molecule has 0 aliphatic carbocycles. The lowest BCUT2D eigenvalue weighted by atomic mass is 10.1. The molecule has 140 valence electrons. The second-order valence-electron chi connectivity index (χ2n) is 6.35. The number of esters is 2. The van der Waals surface area contributed by atoms with E-state index in [1.54, 1.807) is 36.4 Å². The van der Waals surface area contributed by atoms with Crippen LogP contribution in [0.2, 0.25) is 10.0 Å². The summed E-state index contributed by atoms with van der Waals surface area (Å²) in [6, 6.07) is 12.2. The summed E-state index contributed by atoms with van der Waals surface area (Å²) in [6.45, 7) is 3.28. The molecule has 0 bridgehead atoms. The molecule has 0 saturated carbocycles. The summed E-state index contributed by atoms with van der Waals surface area (Å²) in [5, 5.41) is 0.928. The molecule has 0 atom stereocenters. The van der Waals surface area contributed by atoms with E-state index in [1.165, 1.54) is 19.9 Å². The Bertz CT molecular complexity index is 912. The average Bonchev–Trinajstić information content (AvgIpc) is 2.59. The zero-order valence-electron chi connectivity index (χ0n) is 14.6. The summed E-state index contributed by atoms with van der Waals surface area (Å²) in [5.74, 6) is -2.15. The van der Waals surface area contributed by atoms with Crippen LogP contribution in [0.4, 0.5) is 0 Å². The van der Waals surface area contributed by atoms with Crippen LogP contribution < -0.4 is 4.74 Å². The molecule has 0 radical (unpaired) electrons. The maximum Gasteiger partial charge on any atom is 0.348 e. The Kier molecular flexibility index (Phi) is 5.44. The molecule has 7 heteroatoms. The number of carbonyl (C=O) groups is 2. The van der Waals surface area contributed by atoms with Gasteiger partial charge in [-0.2, -0.15) is 0 Å². The topological polar surface area (TPSA) is 61.8 Å². The molecule has 0 unspecified atom stereocenters. The molecule has 1 heterocycles. The highest BCUT2D eigenvalue weighted by Crippen LogP contribution is 2.26. The van der Waals surface area contributed by atoms with Gasteiger partial charge in [-0.25, -0.2) is 9.59 Å². The van der Waals surface area contributed by atoms with Gasteiger partial charge in [0, 0.05) is 13.8 Å². The van der Waals surface area contributed by atoms with E-state index in [2.05, 4.69) is 0 Å². The van der Waals surface area contributed by atoms with Crippen LogP contribution in [-0.4, -0.2) is 17.7 Å². The largest absolute Gasteiger partial charge is 0.489 e. The van der Waals surface area contributed by atoms with Crippen molar-refractivity contribution in [2.24, 2.45) is 0 Å². The number of benzene rings is 2. The third-order valence-corrected chi connectivity index (χ3v) is 4.41. The number of cyclic esters (lactones) is 2. The quantitative estimate of drug-likeness (QED) is 0.414. The Morgan fingerprint density at radius 3 is 2.37 bits per heavy atom. The number of ether oxygens (including phenoxy) is 3. The maximum absolute atomic E-state index is 12.0. The van der Waals surface area contributed by atoms with Crippen molar-refractivity contribution in [3.05, 3.63) is 69.2 Å². The normalized spacial score (nSPS) is 15.8. The lowest BCUT2D eigenvalue weighted by molar-refractivity contribution is -0.222. The second kappa shape index (κ2) is 7.62. The first-order chi connectivity index (χ1) is 12.7. The van der Waals surface area contributed by atoms with Crippen molar-refractivity contribution < 1.29 is 23.8 Å². The van der Waals surface area contributed by atoms with Crippen LogP contribution in [0.1, 0.15) is 25.0 Å². The lowest BCUT2D eigenvalue weighted by Crippen LogP contribution is -2.41. The molecule has 27 heavy (non-hydrogen) atoms. The molecular formula is C20H16Cl2O5. The predicted molar refractivity (Wildman–Crippen MR) is 101 cm³/mol. The molecule has 0 amide bonds. The molecule has 0 N–H and O–H groups in total. The second-order valence-corrected chi connectivity index (χ2v) is 7.16. The highest BCUT2D eigenvalue weighted by atomic mass is 35.5. The number of hydrogen-bond acceptors (Lipinski definition) is 5. The monoisotopic (exact) mass is 406 g/mol. The van der Waals surface area contributed by atoms with Crippen molar-refractivity contribution in [1.82, 2.24) is 0 Å². The first-order valence-electron chi connectivity index (χ1n) is 8.09. The molecule has 1 fully saturated rings. The summed E-state index contributed by atoms with van der Waals surface area (Å²) >= 11 is 11.9.